The highest BCUT2D eigenvalue weighted by atomic mass is 35.5. The summed E-state index contributed by atoms with van der Waals surface area (Å²) in [6, 6.07) is 11.0. The van der Waals surface area contributed by atoms with Crippen molar-refractivity contribution in [2.45, 2.75) is 58.4 Å². The van der Waals surface area contributed by atoms with E-state index >= 15 is 0 Å². The van der Waals surface area contributed by atoms with E-state index in [-0.39, 0.29) is 5.02 Å². The van der Waals surface area contributed by atoms with E-state index in [4.69, 9.17) is 11.6 Å². The molecule has 0 spiro atoms. The molecule has 0 fully saturated rings. The van der Waals surface area contributed by atoms with Crippen LogP contribution in [0.4, 0.5) is 4.39 Å². The first-order chi connectivity index (χ1) is 13.6. The number of carbonyl (C=O) groups is 1. The Morgan fingerprint density at radius 1 is 1.00 bits per heavy atom. The number of unbranched alkanes of at least 4 members (excludes halogenated alkanes) is 5. The van der Waals surface area contributed by atoms with Crippen LogP contribution in [0.25, 0.3) is 22.0 Å². The molecule has 0 saturated carbocycles. The number of halogens is 2. The minimum atomic E-state index is -0.418. The molecule has 3 aromatic rings. The van der Waals surface area contributed by atoms with Gasteiger partial charge in [-0.3, -0.25) is 0 Å². The van der Waals surface area contributed by atoms with Gasteiger partial charge in [0.05, 0.1) is 5.02 Å². The second-order valence-corrected chi connectivity index (χ2v) is 7.75. The lowest BCUT2D eigenvalue weighted by molar-refractivity contribution is -0.107. The fraction of sp³-hybridized carbons (Fsp3) is 0.375. The Bertz CT molecular complexity index is 947. The van der Waals surface area contributed by atoms with Crippen LogP contribution in [0.2, 0.25) is 5.02 Å². The number of fused-ring (bicyclic) bond motifs is 1. The fourth-order valence-electron chi connectivity index (χ4n) is 3.73. The van der Waals surface area contributed by atoms with E-state index in [2.05, 4.69) is 29.8 Å². The van der Waals surface area contributed by atoms with Gasteiger partial charge in [0.15, 0.2) is 0 Å². The monoisotopic (exact) mass is 399 g/mol. The largest absolute Gasteiger partial charge is 0.347 e. The number of hydrogen-bond donors (Lipinski definition) is 0. The number of nitrogens with zero attached hydrogens (tertiary/aromatic N) is 1. The Kier molecular flexibility index (Phi) is 7.27. The van der Waals surface area contributed by atoms with Gasteiger partial charge in [0.1, 0.15) is 12.1 Å². The summed E-state index contributed by atoms with van der Waals surface area (Å²) in [6.07, 6.45) is 11.0. The van der Waals surface area contributed by atoms with Crippen LogP contribution in [0.3, 0.4) is 0 Å². The molecule has 28 heavy (non-hydrogen) atoms. The SMILES string of the molecule is CCCCCCCCn1cc(CC=O)c2cc(-c3ccc(F)c(Cl)c3)ccc21. The average molecular weight is 400 g/mol. The predicted octanol–water partition coefficient (Wildman–Crippen LogP) is 7.20. The molecule has 1 aromatic heterocycles. The molecule has 0 aliphatic rings. The molecule has 0 amide bonds. The fourth-order valence-corrected chi connectivity index (χ4v) is 3.91. The first-order valence-electron chi connectivity index (χ1n) is 10.1. The van der Waals surface area contributed by atoms with Gasteiger partial charge in [-0.25, -0.2) is 4.39 Å². The average Bonchev–Trinajstić information content (AvgIpc) is 3.04. The van der Waals surface area contributed by atoms with Gasteiger partial charge in [0, 0.05) is 30.1 Å². The Labute approximate surface area is 171 Å². The number of rotatable bonds is 10. The minimum absolute atomic E-state index is 0.117. The number of aromatic nitrogens is 1. The van der Waals surface area contributed by atoms with Crippen molar-refractivity contribution in [2.75, 3.05) is 0 Å². The molecular weight excluding hydrogens is 373 g/mol. The van der Waals surface area contributed by atoms with E-state index in [0.717, 1.165) is 46.8 Å². The van der Waals surface area contributed by atoms with Crippen LogP contribution >= 0.6 is 11.6 Å². The normalized spacial score (nSPS) is 11.2. The van der Waals surface area contributed by atoms with Gasteiger partial charge in [-0.2, -0.15) is 0 Å². The van der Waals surface area contributed by atoms with E-state index in [1.807, 2.05) is 6.07 Å². The Balaban J connectivity index is 1.84. The van der Waals surface area contributed by atoms with Crippen molar-refractivity contribution in [3.8, 4) is 11.1 Å². The van der Waals surface area contributed by atoms with Crippen LogP contribution in [0.15, 0.2) is 42.6 Å². The number of carbonyl (C=O) groups excluding carboxylic acids is 1. The Hall–Kier alpha value is -2.13. The standard InChI is InChI=1S/C24H27ClFNO/c1-2-3-4-5-6-7-13-27-17-20(12-14-28)21-15-18(9-11-24(21)27)19-8-10-23(26)22(25)16-19/h8-11,14-17H,2-7,12-13H2,1H3. The maximum Gasteiger partial charge on any atom is 0.141 e. The molecule has 0 radical (unpaired) electrons. The van der Waals surface area contributed by atoms with Crippen molar-refractivity contribution in [1.29, 1.82) is 0 Å². The molecule has 0 N–H and O–H groups in total. The lowest BCUT2D eigenvalue weighted by Gasteiger charge is -2.07. The lowest BCUT2D eigenvalue weighted by atomic mass is 10.0. The van der Waals surface area contributed by atoms with Crippen molar-refractivity contribution in [3.63, 3.8) is 0 Å². The van der Waals surface area contributed by atoms with Gasteiger partial charge < -0.3 is 9.36 Å². The molecule has 2 nitrogen and oxygen atoms in total. The lowest BCUT2D eigenvalue weighted by Crippen LogP contribution is -1.96. The summed E-state index contributed by atoms with van der Waals surface area (Å²) in [5.74, 6) is -0.418. The van der Waals surface area contributed by atoms with E-state index in [9.17, 15) is 9.18 Å². The third-order valence-electron chi connectivity index (χ3n) is 5.27. The summed E-state index contributed by atoms with van der Waals surface area (Å²) < 4.78 is 15.7. The molecule has 0 saturated heterocycles. The van der Waals surface area contributed by atoms with E-state index in [0.29, 0.717) is 6.42 Å². The number of aryl methyl sites for hydroxylation is 1. The molecule has 1 heterocycles. The van der Waals surface area contributed by atoms with Crippen molar-refractivity contribution < 1.29 is 9.18 Å². The van der Waals surface area contributed by atoms with Crippen molar-refractivity contribution in [3.05, 3.63) is 59.0 Å². The van der Waals surface area contributed by atoms with E-state index in [1.54, 1.807) is 12.1 Å². The summed E-state index contributed by atoms with van der Waals surface area (Å²) in [5, 5.41) is 1.20. The molecular formula is C24H27ClFNO. The number of benzene rings is 2. The summed E-state index contributed by atoms with van der Waals surface area (Å²) >= 11 is 5.94. The third kappa shape index (κ3) is 4.82. The molecule has 3 rings (SSSR count). The van der Waals surface area contributed by atoms with E-state index < -0.39 is 5.82 Å². The molecule has 0 bridgehead atoms. The zero-order valence-corrected chi connectivity index (χ0v) is 17.1. The summed E-state index contributed by atoms with van der Waals surface area (Å²) in [5.41, 5.74) is 4.02. The van der Waals surface area contributed by atoms with Crippen molar-refractivity contribution >= 4 is 28.8 Å². The zero-order valence-electron chi connectivity index (χ0n) is 16.4. The van der Waals surface area contributed by atoms with Crippen LogP contribution in [0, 0.1) is 5.82 Å². The summed E-state index contributed by atoms with van der Waals surface area (Å²) in [4.78, 5) is 11.2. The molecule has 148 valence electrons. The third-order valence-corrected chi connectivity index (χ3v) is 5.56. The zero-order chi connectivity index (χ0) is 19.9. The highest BCUT2D eigenvalue weighted by Gasteiger charge is 2.11. The van der Waals surface area contributed by atoms with Gasteiger partial charge in [-0.1, -0.05) is 62.8 Å². The quantitative estimate of drug-likeness (QED) is 0.261. The highest BCUT2D eigenvalue weighted by molar-refractivity contribution is 6.31. The maximum atomic E-state index is 13.5. The van der Waals surface area contributed by atoms with Gasteiger partial charge in [0.25, 0.3) is 0 Å². The topological polar surface area (TPSA) is 22.0 Å². The summed E-state index contributed by atoms with van der Waals surface area (Å²) in [7, 11) is 0. The highest BCUT2D eigenvalue weighted by Crippen LogP contribution is 2.30. The van der Waals surface area contributed by atoms with Crippen LogP contribution in [-0.2, 0) is 17.8 Å². The van der Waals surface area contributed by atoms with Crippen LogP contribution in [0.1, 0.15) is 51.0 Å². The molecule has 2 aromatic carbocycles. The van der Waals surface area contributed by atoms with E-state index in [1.165, 1.54) is 38.2 Å². The van der Waals surface area contributed by atoms with Crippen molar-refractivity contribution in [2.24, 2.45) is 0 Å². The first kappa shape index (κ1) is 20.6. The molecule has 0 aliphatic heterocycles. The molecule has 0 unspecified atom stereocenters. The second-order valence-electron chi connectivity index (χ2n) is 7.35. The second kappa shape index (κ2) is 9.88. The smallest absolute Gasteiger partial charge is 0.141 e. The Morgan fingerprint density at radius 3 is 2.46 bits per heavy atom. The van der Waals surface area contributed by atoms with Crippen LogP contribution in [0.5, 0.6) is 0 Å². The molecule has 4 heteroatoms. The number of hydrogen-bond acceptors (Lipinski definition) is 1. The maximum absolute atomic E-state index is 13.5. The predicted molar refractivity (Wildman–Crippen MR) is 115 cm³/mol. The molecule has 0 atom stereocenters. The molecule has 0 aliphatic carbocycles. The van der Waals surface area contributed by atoms with Crippen LogP contribution in [-0.4, -0.2) is 10.9 Å². The summed E-state index contributed by atoms with van der Waals surface area (Å²) in [6.45, 7) is 3.19. The van der Waals surface area contributed by atoms with Gasteiger partial charge in [-0.15, -0.1) is 0 Å². The van der Waals surface area contributed by atoms with Crippen molar-refractivity contribution in [1.82, 2.24) is 4.57 Å². The first-order valence-corrected chi connectivity index (χ1v) is 10.5. The van der Waals surface area contributed by atoms with Crippen LogP contribution < -0.4 is 0 Å². The van der Waals surface area contributed by atoms with Gasteiger partial charge in [-0.05, 0) is 47.4 Å². The van der Waals surface area contributed by atoms with Gasteiger partial charge in [0.2, 0.25) is 0 Å². The van der Waals surface area contributed by atoms with Gasteiger partial charge >= 0.3 is 0 Å². The number of aldehydes is 1. The Morgan fingerprint density at radius 2 is 1.71 bits per heavy atom. The minimum Gasteiger partial charge on any atom is -0.347 e.